The lowest BCUT2D eigenvalue weighted by Gasteiger charge is -2.20. The predicted octanol–water partition coefficient (Wildman–Crippen LogP) is 2.49. The molecule has 0 bridgehead atoms. The second kappa shape index (κ2) is 7.79. The van der Waals surface area contributed by atoms with Crippen molar-refractivity contribution in [2.45, 2.75) is 38.8 Å². The van der Waals surface area contributed by atoms with Crippen molar-refractivity contribution in [1.29, 1.82) is 0 Å². The Bertz CT molecular complexity index is 455. The summed E-state index contributed by atoms with van der Waals surface area (Å²) in [6.07, 6.45) is 1.13. The molecule has 0 aromatic heterocycles. The molecule has 3 N–H and O–H groups in total. The highest BCUT2D eigenvalue weighted by Crippen LogP contribution is 2.18. The first kappa shape index (κ1) is 16.4. The Kier molecular flexibility index (Phi) is 6.38. The summed E-state index contributed by atoms with van der Waals surface area (Å²) in [5, 5.41) is 14.1. The number of aliphatic hydroxyl groups excluding tert-OH is 1. The second-order valence-corrected chi connectivity index (χ2v) is 4.60. The van der Waals surface area contributed by atoms with Crippen LogP contribution in [0.15, 0.2) is 18.2 Å². The van der Waals surface area contributed by atoms with Gasteiger partial charge in [0.05, 0.1) is 6.04 Å². The summed E-state index contributed by atoms with van der Waals surface area (Å²) in [4.78, 5) is 11.7. The summed E-state index contributed by atoms with van der Waals surface area (Å²) >= 11 is 0. The molecule has 1 rings (SSSR count). The Labute approximate surface area is 117 Å². The molecule has 4 nitrogen and oxygen atoms in total. The maximum absolute atomic E-state index is 13.6. The Balaban J connectivity index is 2.63. The van der Waals surface area contributed by atoms with Gasteiger partial charge in [-0.3, -0.25) is 0 Å². The quantitative estimate of drug-likeness (QED) is 0.752. The predicted molar refractivity (Wildman–Crippen MR) is 72.2 cm³/mol. The molecule has 2 unspecified atom stereocenters. The summed E-state index contributed by atoms with van der Waals surface area (Å²) in [6, 6.07) is 2.57. The van der Waals surface area contributed by atoms with E-state index in [0.717, 1.165) is 6.07 Å². The Morgan fingerprint density at radius 1 is 1.35 bits per heavy atom. The molecule has 2 atom stereocenters. The fourth-order valence-electron chi connectivity index (χ4n) is 1.89. The van der Waals surface area contributed by atoms with E-state index in [0.29, 0.717) is 12.8 Å². The maximum atomic E-state index is 13.6. The molecule has 0 saturated heterocycles. The SMILES string of the molecule is CCC(CCO)NC(=O)NC(C)c1cccc(F)c1F. The zero-order valence-electron chi connectivity index (χ0n) is 11.6. The lowest BCUT2D eigenvalue weighted by Crippen LogP contribution is -2.43. The standard InChI is InChI=1S/C14H20F2N2O2/c1-3-10(7-8-19)18-14(20)17-9(2)11-5-4-6-12(15)13(11)16/h4-6,9-10,19H,3,7-8H2,1-2H3,(H2,17,18,20). The van der Waals surface area contributed by atoms with Crippen molar-refractivity contribution in [2.24, 2.45) is 0 Å². The van der Waals surface area contributed by atoms with Crippen LogP contribution in [0.5, 0.6) is 0 Å². The van der Waals surface area contributed by atoms with Crippen molar-refractivity contribution in [3.05, 3.63) is 35.4 Å². The van der Waals surface area contributed by atoms with E-state index >= 15 is 0 Å². The van der Waals surface area contributed by atoms with Crippen LogP contribution >= 0.6 is 0 Å². The molecule has 0 aliphatic heterocycles. The number of amides is 2. The first-order valence-electron chi connectivity index (χ1n) is 6.61. The summed E-state index contributed by atoms with van der Waals surface area (Å²) in [5.41, 5.74) is 0.0929. The van der Waals surface area contributed by atoms with E-state index in [1.165, 1.54) is 12.1 Å². The van der Waals surface area contributed by atoms with Gasteiger partial charge in [-0.25, -0.2) is 13.6 Å². The third kappa shape index (κ3) is 4.45. The van der Waals surface area contributed by atoms with Crippen molar-refractivity contribution >= 4 is 6.03 Å². The van der Waals surface area contributed by atoms with Gasteiger partial charge in [-0.15, -0.1) is 0 Å². The van der Waals surface area contributed by atoms with Crippen LogP contribution in [0.2, 0.25) is 0 Å². The van der Waals surface area contributed by atoms with E-state index in [4.69, 9.17) is 5.11 Å². The number of hydrogen-bond acceptors (Lipinski definition) is 2. The lowest BCUT2D eigenvalue weighted by molar-refractivity contribution is 0.225. The molecular weight excluding hydrogens is 266 g/mol. The summed E-state index contributed by atoms with van der Waals surface area (Å²) in [5.74, 6) is -1.90. The Hall–Kier alpha value is -1.69. The topological polar surface area (TPSA) is 61.4 Å². The molecule has 0 heterocycles. The van der Waals surface area contributed by atoms with Crippen LogP contribution in [0.1, 0.15) is 38.3 Å². The highest BCUT2D eigenvalue weighted by Gasteiger charge is 2.17. The van der Waals surface area contributed by atoms with Crippen molar-refractivity contribution < 1.29 is 18.7 Å². The number of benzene rings is 1. The van der Waals surface area contributed by atoms with Gasteiger partial charge in [0.15, 0.2) is 11.6 Å². The third-order valence-electron chi connectivity index (χ3n) is 3.10. The van der Waals surface area contributed by atoms with Gasteiger partial charge in [0.25, 0.3) is 0 Å². The van der Waals surface area contributed by atoms with Crippen molar-refractivity contribution in [1.82, 2.24) is 10.6 Å². The molecule has 0 saturated carbocycles. The van der Waals surface area contributed by atoms with E-state index in [-0.39, 0.29) is 18.2 Å². The van der Waals surface area contributed by atoms with Crippen LogP contribution in [0, 0.1) is 11.6 Å². The molecule has 2 amide bonds. The number of carbonyl (C=O) groups excluding carboxylic acids is 1. The molecule has 1 aromatic rings. The van der Waals surface area contributed by atoms with E-state index in [1.54, 1.807) is 6.92 Å². The smallest absolute Gasteiger partial charge is 0.315 e. The van der Waals surface area contributed by atoms with Gasteiger partial charge in [0, 0.05) is 18.2 Å². The van der Waals surface area contributed by atoms with Crippen LogP contribution < -0.4 is 10.6 Å². The van der Waals surface area contributed by atoms with Crippen LogP contribution in [-0.2, 0) is 0 Å². The molecule has 0 fully saturated rings. The number of rotatable bonds is 6. The van der Waals surface area contributed by atoms with Crippen LogP contribution in [-0.4, -0.2) is 23.8 Å². The van der Waals surface area contributed by atoms with Gasteiger partial charge in [0.2, 0.25) is 0 Å². The Morgan fingerprint density at radius 3 is 2.65 bits per heavy atom. The van der Waals surface area contributed by atoms with Crippen molar-refractivity contribution in [3.63, 3.8) is 0 Å². The molecule has 20 heavy (non-hydrogen) atoms. The van der Waals surface area contributed by atoms with Crippen molar-refractivity contribution in [2.75, 3.05) is 6.61 Å². The first-order chi connectivity index (χ1) is 9.49. The van der Waals surface area contributed by atoms with Gasteiger partial charge in [0.1, 0.15) is 0 Å². The average Bonchev–Trinajstić information content (AvgIpc) is 2.41. The summed E-state index contributed by atoms with van der Waals surface area (Å²) < 4.78 is 26.7. The zero-order chi connectivity index (χ0) is 15.1. The minimum absolute atomic E-state index is 0.0210. The van der Waals surface area contributed by atoms with Gasteiger partial charge >= 0.3 is 6.03 Å². The fraction of sp³-hybridized carbons (Fsp3) is 0.500. The van der Waals surface area contributed by atoms with E-state index < -0.39 is 23.7 Å². The number of nitrogens with one attached hydrogen (secondary N) is 2. The highest BCUT2D eigenvalue weighted by atomic mass is 19.2. The molecule has 112 valence electrons. The summed E-state index contributed by atoms with van der Waals surface area (Å²) in [7, 11) is 0. The largest absolute Gasteiger partial charge is 0.396 e. The number of carbonyl (C=O) groups is 1. The van der Waals surface area contributed by atoms with Crippen LogP contribution in [0.3, 0.4) is 0 Å². The zero-order valence-corrected chi connectivity index (χ0v) is 11.6. The van der Waals surface area contributed by atoms with Gasteiger partial charge < -0.3 is 15.7 Å². The molecule has 6 heteroatoms. The second-order valence-electron chi connectivity index (χ2n) is 4.60. The first-order valence-corrected chi connectivity index (χ1v) is 6.61. The van der Waals surface area contributed by atoms with Crippen LogP contribution in [0.25, 0.3) is 0 Å². The number of aliphatic hydroxyl groups is 1. The van der Waals surface area contributed by atoms with Gasteiger partial charge in [-0.2, -0.15) is 0 Å². The molecule has 1 aromatic carbocycles. The molecular formula is C14H20F2N2O2. The minimum Gasteiger partial charge on any atom is -0.396 e. The van der Waals surface area contributed by atoms with Gasteiger partial charge in [-0.05, 0) is 25.8 Å². The molecule has 0 aliphatic carbocycles. The molecule has 0 radical (unpaired) electrons. The van der Waals surface area contributed by atoms with E-state index in [2.05, 4.69) is 10.6 Å². The monoisotopic (exact) mass is 286 g/mol. The minimum atomic E-state index is -0.956. The van der Waals surface area contributed by atoms with Crippen molar-refractivity contribution in [3.8, 4) is 0 Å². The normalized spacial score (nSPS) is 13.7. The van der Waals surface area contributed by atoms with E-state index in [1.807, 2.05) is 6.92 Å². The number of halogens is 2. The van der Waals surface area contributed by atoms with E-state index in [9.17, 15) is 13.6 Å². The third-order valence-corrected chi connectivity index (χ3v) is 3.10. The Morgan fingerprint density at radius 2 is 2.05 bits per heavy atom. The number of urea groups is 1. The molecule has 0 spiro atoms. The maximum Gasteiger partial charge on any atom is 0.315 e. The fourth-order valence-corrected chi connectivity index (χ4v) is 1.89. The van der Waals surface area contributed by atoms with Crippen LogP contribution in [0.4, 0.5) is 13.6 Å². The molecule has 0 aliphatic rings. The van der Waals surface area contributed by atoms with Gasteiger partial charge in [-0.1, -0.05) is 19.1 Å². The summed E-state index contributed by atoms with van der Waals surface area (Å²) in [6.45, 7) is 3.44. The lowest BCUT2D eigenvalue weighted by atomic mass is 10.1. The average molecular weight is 286 g/mol. The highest BCUT2D eigenvalue weighted by molar-refractivity contribution is 5.74. The number of hydrogen-bond donors (Lipinski definition) is 3.